The van der Waals surface area contributed by atoms with E-state index in [1.54, 1.807) is 0 Å². The molecule has 1 saturated carbocycles. The summed E-state index contributed by atoms with van der Waals surface area (Å²) in [5.74, 6) is 1.48. The molecule has 0 atom stereocenters. The van der Waals surface area contributed by atoms with Crippen LogP contribution in [0.15, 0.2) is 40.9 Å². The minimum Gasteiger partial charge on any atom is -0.439 e. The fraction of sp³-hybridized carbons (Fsp3) is 0.353. The van der Waals surface area contributed by atoms with Crippen LogP contribution >= 0.6 is 15.9 Å². The van der Waals surface area contributed by atoms with E-state index < -0.39 is 0 Å². The van der Waals surface area contributed by atoms with Crippen molar-refractivity contribution in [3.05, 3.63) is 52.1 Å². The van der Waals surface area contributed by atoms with Gasteiger partial charge in [-0.3, -0.25) is 0 Å². The van der Waals surface area contributed by atoms with Gasteiger partial charge in [0.1, 0.15) is 5.75 Å². The van der Waals surface area contributed by atoms with E-state index in [-0.39, 0.29) is 0 Å². The quantitative estimate of drug-likeness (QED) is 0.838. The Labute approximate surface area is 133 Å². The molecular formula is C17H19BrN2O. The molecule has 1 aliphatic carbocycles. The summed E-state index contributed by atoms with van der Waals surface area (Å²) in [5.41, 5.74) is 2.30. The molecule has 1 aliphatic rings. The number of benzene rings is 1. The van der Waals surface area contributed by atoms with Crippen molar-refractivity contribution in [3.8, 4) is 11.6 Å². The average Bonchev–Trinajstić information content (AvgIpc) is 3.31. The van der Waals surface area contributed by atoms with Gasteiger partial charge in [0.05, 0.1) is 0 Å². The predicted octanol–water partition coefficient (Wildman–Crippen LogP) is 4.45. The molecular weight excluding hydrogens is 328 g/mol. The number of hydrogen-bond donors (Lipinski definition) is 1. The third-order valence-electron chi connectivity index (χ3n) is 3.49. The Morgan fingerprint density at radius 3 is 2.67 bits per heavy atom. The predicted molar refractivity (Wildman–Crippen MR) is 87.7 cm³/mol. The Kier molecular flexibility index (Phi) is 4.56. The Hall–Kier alpha value is -1.39. The molecule has 0 radical (unpaired) electrons. The van der Waals surface area contributed by atoms with Crippen molar-refractivity contribution in [1.29, 1.82) is 0 Å². The van der Waals surface area contributed by atoms with Crippen LogP contribution in [0.1, 0.15) is 31.0 Å². The van der Waals surface area contributed by atoms with Crippen LogP contribution in [0.5, 0.6) is 11.6 Å². The van der Waals surface area contributed by atoms with E-state index >= 15 is 0 Å². The van der Waals surface area contributed by atoms with Crippen molar-refractivity contribution in [2.75, 3.05) is 0 Å². The van der Waals surface area contributed by atoms with Crippen molar-refractivity contribution < 1.29 is 4.74 Å². The van der Waals surface area contributed by atoms with E-state index in [9.17, 15) is 0 Å². The maximum Gasteiger partial charge on any atom is 0.219 e. The Morgan fingerprint density at radius 2 is 2.00 bits per heavy atom. The molecule has 2 aromatic rings. The van der Waals surface area contributed by atoms with Crippen LogP contribution in [0.25, 0.3) is 0 Å². The zero-order valence-corrected chi connectivity index (χ0v) is 13.7. The minimum absolute atomic E-state index is 0.671. The Balaban J connectivity index is 1.75. The maximum atomic E-state index is 5.88. The van der Waals surface area contributed by atoms with Gasteiger partial charge in [0.15, 0.2) is 0 Å². The van der Waals surface area contributed by atoms with Gasteiger partial charge in [-0.15, -0.1) is 0 Å². The largest absolute Gasteiger partial charge is 0.439 e. The van der Waals surface area contributed by atoms with Gasteiger partial charge in [0, 0.05) is 28.8 Å². The van der Waals surface area contributed by atoms with Crippen molar-refractivity contribution in [2.24, 2.45) is 0 Å². The van der Waals surface area contributed by atoms with Crippen LogP contribution in [0, 0.1) is 0 Å². The maximum absolute atomic E-state index is 5.88. The van der Waals surface area contributed by atoms with Crippen LogP contribution in [0.2, 0.25) is 0 Å². The molecule has 1 fully saturated rings. The van der Waals surface area contributed by atoms with E-state index in [0.717, 1.165) is 28.9 Å². The summed E-state index contributed by atoms with van der Waals surface area (Å²) in [6, 6.07) is 12.7. The SMILES string of the molecule is CCc1cc(CNC2CC2)cc(Oc2ccc(Br)cc2)n1. The molecule has 110 valence electrons. The zero-order valence-electron chi connectivity index (χ0n) is 12.1. The monoisotopic (exact) mass is 346 g/mol. The van der Waals surface area contributed by atoms with E-state index in [1.165, 1.54) is 18.4 Å². The number of nitrogens with one attached hydrogen (secondary N) is 1. The van der Waals surface area contributed by atoms with Crippen molar-refractivity contribution >= 4 is 15.9 Å². The van der Waals surface area contributed by atoms with Gasteiger partial charge in [-0.1, -0.05) is 22.9 Å². The fourth-order valence-electron chi connectivity index (χ4n) is 2.13. The molecule has 1 N–H and O–H groups in total. The van der Waals surface area contributed by atoms with Gasteiger partial charge in [0.2, 0.25) is 5.88 Å². The molecule has 1 heterocycles. The highest BCUT2D eigenvalue weighted by molar-refractivity contribution is 9.10. The summed E-state index contributed by atoms with van der Waals surface area (Å²) >= 11 is 3.43. The van der Waals surface area contributed by atoms with Crippen LogP contribution in [-0.4, -0.2) is 11.0 Å². The van der Waals surface area contributed by atoms with Gasteiger partial charge in [-0.2, -0.15) is 0 Å². The fourth-order valence-corrected chi connectivity index (χ4v) is 2.39. The summed E-state index contributed by atoms with van der Waals surface area (Å²) in [6.07, 6.45) is 3.51. The molecule has 0 saturated heterocycles. The first-order chi connectivity index (χ1) is 10.2. The van der Waals surface area contributed by atoms with E-state index in [1.807, 2.05) is 30.3 Å². The van der Waals surface area contributed by atoms with Gasteiger partial charge in [0.25, 0.3) is 0 Å². The summed E-state index contributed by atoms with van der Waals surface area (Å²) in [6.45, 7) is 3.00. The van der Waals surface area contributed by atoms with Crippen molar-refractivity contribution in [2.45, 2.75) is 38.8 Å². The summed E-state index contributed by atoms with van der Waals surface area (Å²) in [4.78, 5) is 4.55. The minimum atomic E-state index is 0.671. The summed E-state index contributed by atoms with van der Waals surface area (Å²) in [7, 11) is 0. The second-order valence-electron chi connectivity index (χ2n) is 5.37. The molecule has 4 heteroatoms. The molecule has 0 unspecified atom stereocenters. The summed E-state index contributed by atoms with van der Waals surface area (Å²) < 4.78 is 6.92. The standard InChI is InChI=1S/C17H19BrN2O/c1-2-14-9-12(11-19-15-5-6-15)10-17(20-14)21-16-7-3-13(18)4-8-16/h3-4,7-10,15,19H,2,5-6,11H2,1H3. The molecule has 0 amide bonds. The lowest BCUT2D eigenvalue weighted by Gasteiger charge is -2.10. The molecule has 3 rings (SSSR count). The van der Waals surface area contributed by atoms with Crippen LogP contribution in [-0.2, 0) is 13.0 Å². The first-order valence-electron chi connectivity index (χ1n) is 7.39. The molecule has 3 nitrogen and oxygen atoms in total. The lowest BCUT2D eigenvalue weighted by Crippen LogP contribution is -2.15. The lowest BCUT2D eigenvalue weighted by atomic mass is 10.2. The highest BCUT2D eigenvalue weighted by Crippen LogP contribution is 2.24. The lowest BCUT2D eigenvalue weighted by molar-refractivity contribution is 0.459. The molecule has 1 aromatic carbocycles. The van der Waals surface area contributed by atoms with Gasteiger partial charge in [-0.25, -0.2) is 4.98 Å². The Bertz CT molecular complexity index is 609. The smallest absolute Gasteiger partial charge is 0.219 e. The van der Waals surface area contributed by atoms with Crippen LogP contribution in [0.4, 0.5) is 0 Å². The number of hydrogen-bond acceptors (Lipinski definition) is 3. The first kappa shape index (κ1) is 14.5. The number of aromatic nitrogens is 1. The summed E-state index contributed by atoms with van der Waals surface area (Å²) in [5, 5.41) is 3.53. The third-order valence-corrected chi connectivity index (χ3v) is 4.01. The molecule has 0 bridgehead atoms. The average molecular weight is 347 g/mol. The number of nitrogens with zero attached hydrogens (tertiary/aromatic N) is 1. The van der Waals surface area contributed by atoms with E-state index in [4.69, 9.17) is 4.74 Å². The van der Waals surface area contributed by atoms with Crippen molar-refractivity contribution in [3.63, 3.8) is 0 Å². The van der Waals surface area contributed by atoms with E-state index in [2.05, 4.69) is 39.2 Å². The van der Waals surface area contributed by atoms with Gasteiger partial charge >= 0.3 is 0 Å². The van der Waals surface area contributed by atoms with Crippen molar-refractivity contribution in [1.82, 2.24) is 10.3 Å². The zero-order chi connectivity index (χ0) is 14.7. The molecule has 0 aliphatic heterocycles. The third kappa shape index (κ3) is 4.29. The number of pyridine rings is 1. The number of halogens is 1. The van der Waals surface area contributed by atoms with Gasteiger partial charge in [-0.05, 0) is 55.2 Å². The number of aryl methyl sites for hydroxylation is 1. The molecule has 0 spiro atoms. The van der Waals surface area contributed by atoms with Crippen LogP contribution in [0.3, 0.4) is 0 Å². The second kappa shape index (κ2) is 6.58. The highest BCUT2D eigenvalue weighted by atomic mass is 79.9. The van der Waals surface area contributed by atoms with Gasteiger partial charge < -0.3 is 10.1 Å². The highest BCUT2D eigenvalue weighted by Gasteiger charge is 2.20. The van der Waals surface area contributed by atoms with E-state index in [0.29, 0.717) is 11.9 Å². The second-order valence-corrected chi connectivity index (χ2v) is 6.29. The molecule has 21 heavy (non-hydrogen) atoms. The van der Waals surface area contributed by atoms with Crippen LogP contribution < -0.4 is 10.1 Å². The molecule has 1 aromatic heterocycles. The first-order valence-corrected chi connectivity index (χ1v) is 8.19. The normalized spacial score (nSPS) is 14.2. The number of ether oxygens (including phenoxy) is 1. The topological polar surface area (TPSA) is 34.1 Å². The Morgan fingerprint density at radius 1 is 1.24 bits per heavy atom. The number of rotatable bonds is 6.